The molecule has 1 aliphatic heterocycles. The van der Waals surface area contributed by atoms with E-state index in [4.69, 9.17) is 16.3 Å². The van der Waals surface area contributed by atoms with Crippen molar-refractivity contribution in [2.45, 2.75) is 39.7 Å². The van der Waals surface area contributed by atoms with Crippen molar-refractivity contribution in [3.8, 4) is 5.75 Å². The number of carbonyl (C=O) groups is 2. The molecule has 0 radical (unpaired) electrons. The van der Waals surface area contributed by atoms with E-state index in [-0.39, 0.29) is 11.8 Å². The molecule has 1 atom stereocenters. The molecule has 0 bridgehead atoms. The molecule has 1 aliphatic rings. The van der Waals surface area contributed by atoms with E-state index in [1.165, 1.54) is 6.92 Å². The summed E-state index contributed by atoms with van der Waals surface area (Å²) in [7, 11) is 0. The Kier molecular flexibility index (Phi) is 5.94. The number of rotatable bonds is 6. The number of nitrogens with zero attached hydrogens (tertiary/aromatic N) is 1. The van der Waals surface area contributed by atoms with Crippen molar-refractivity contribution in [1.29, 1.82) is 0 Å². The lowest BCUT2D eigenvalue weighted by Gasteiger charge is -2.20. The van der Waals surface area contributed by atoms with Crippen LogP contribution in [0.5, 0.6) is 5.75 Å². The summed E-state index contributed by atoms with van der Waals surface area (Å²) in [5, 5.41) is 3.20. The molecule has 5 nitrogen and oxygen atoms in total. The third-order valence-corrected chi connectivity index (χ3v) is 5.13. The molecular weight excluding hydrogens is 376 g/mol. The summed E-state index contributed by atoms with van der Waals surface area (Å²) in [4.78, 5) is 26.1. The maximum absolute atomic E-state index is 12.9. The van der Waals surface area contributed by atoms with E-state index >= 15 is 0 Å². The monoisotopic (exact) mass is 400 g/mol. The lowest BCUT2D eigenvalue weighted by molar-refractivity contribution is -0.126. The number of hydrogen-bond acceptors (Lipinski definition) is 3. The second-order valence-electron chi connectivity index (χ2n) is 7.35. The van der Waals surface area contributed by atoms with Gasteiger partial charge in [-0.2, -0.15) is 0 Å². The summed E-state index contributed by atoms with van der Waals surface area (Å²) in [6.45, 7) is 8.33. The fraction of sp³-hybridized carbons (Fsp3) is 0.364. The highest BCUT2D eigenvalue weighted by Gasteiger charge is 2.39. The lowest BCUT2D eigenvalue weighted by Crippen LogP contribution is -2.38. The Labute approximate surface area is 170 Å². The molecule has 0 saturated heterocycles. The van der Waals surface area contributed by atoms with Crippen molar-refractivity contribution in [3.63, 3.8) is 0 Å². The van der Waals surface area contributed by atoms with Gasteiger partial charge in [-0.15, -0.1) is 0 Å². The third kappa shape index (κ3) is 3.99. The van der Waals surface area contributed by atoms with Gasteiger partial charge >= 0.3 is 0 Å². The molecule has 0 aromatic heterocycles. The largest absolute Gasteiger partial charge is 0.491 e. The van der Waals surface area contributed by atoms with Crippen LogP contribution in [0.3, 0.4) is 0 Å². The van der Waals surface area contributed by atoms with Crippen LogP contribution in [0.2, 0.25) is 5.02 Å². The van der Waals surface area contributed by atoms with Gasteiger partial charge in [-0.25, -0.2) is 0 Å². The number of hydrogen-bond donors (Lipinski definition) is 1. The summed E-state index contributed by atoms with van der Waals surface area (Å²) in [6.07, 6.45) is 0. The zero-order chi connectivity index (χ0) is 20.4. The molecular formula is C22H25ClN2O3. The molecule has 28 heavy (non-hydrogen) atoms. The molecule has 3 rings (SSSR count). The fourth-order valence-corrected chi connectivity index (χ4v) is 3.79. The minimum Gasteiger partial charge on any atom is -0.491 e. The number of para-hydroxylation sites is 1. The van der Waals surface area contributed by atoms with E-state index < -0.39 is 6.04 Å². The van der Waals surface area contributed by atoms with Gasteiger partial charge in [0.1, 0.15) is 18.4 Å². The number of fused-ring (bicyclic) bond motifs is 1. The van der Waals surface area contributed by atoms with Crippen LogP contribution in [-0.4, -0.2) is 25.0 Å². The zero-order valence-electron chi connectivity index (χ0n) is 16.6. The molecule has 0 aliphatic carbocycles. The highest BCUT2D eigenvalue weighted by molar-refractivity contribution is 6.34. The number of anilines is 1. The van der Waals surface area contributed by atoms with Crippen molar-refractivity contribution in [3.05, 3.63) is 58.1 Å². The second kappa shape index (κ2) is 8.23. The van der Waals surface area contributed by atoms with Gasteiger partial charge in [0.15, 0.2) is 0 Å². The maximum Gasteiger partial charge on any atom is 0.254 e. The predicted octanol–water partition coefficient (Wildman–Crippen LogP) is 4.37. The Balaban J connectivity index is 1.79. The number of nitrogens with one attached hydrogen (secondary N) is 1. The highest BCUT2D eigenvalue weighted by atomic mass is 35.5. The molecule has 2 aromatic rings. The Bertz CT molecular complexity index is 911. The van der Waals surface area contributed by atoms with E-state index in [0.717, 1.165) is 16.9 Å². The van der Waals surface area contributed by atoms with E-state index in [1.54, 1.807) is 17.0 Å². The highest BCUT2D eigenvalue weighted by Crippen LogP contribution is 2.40. The molecule has 6 heteroatoms. The number of ether oxygens (including phenoxy) is 1. The molecule has 0 spiro atoms. The quantitative estimate of drug-likeness (QED) is 0.783. The van der Waals surface area contributed by atoms with E-state index in [1.807, 2.05) is 19.1 Å². The zero-order valence-corrected chi connectivity index (χ0v) is 17.3. The normalized spacial score (nSPS) is 15.7. The van der Waals surface area contributed by atoms with E-state index in [0.29, 0.717) is 35.3 Å². The van der Waals surface area contributed by atoms with Crippen molar-refractivity contribution in [2.75, 3.05) is 18.1 Å². The van der Waals surface area contributed by atoms with Gasteiger partial charge < -0.3 is 15.0 Å². The van der Waals surface area contributed by atoms with Gasteiger partial charge in [0.2, 0.25) is 5.91 Å². The van der Waals surface area contributed by atoms with Crippen molar-refractivity contribution in [2.24, 2.45) is 0 Å². The third-order valence-electron chi connectivity index (χ3n) is 4.82. The topological polar surface area (TPSA) is 58.6 Å². The first-order chi connectivity index (χ1) is 13.3. The van der Waals surface area contributed by atoms with Gasteiger partial charge in [-0.05, 0) is 36.1 Å². The summed E-state index contributed by atoms with van der Waals surface area (Å²) < 4.78 is 6.04. The molecule has 1 N–H and O–H groups in total. The van der Waals surface area contributed by atoms with Crippen LogP contribution < -0.4 is 15.0 Å². The number of amides is 2. The van der Waals surface area contributed by atoms with Crippen LogP contribution in [0.4, 0.5) is 5.69 Å². The van der Waals surface area contributed by atoms with Gasteiger partial charge in [-0.3, -0.25) is 9.59 Å². The number of halogens is 1. The van der Waals surface area contributed by atoms with Gasteiger partial charge in [0.25, 0.3) is 5.91 Å². The first kappa shape index (κ1) is 20.2. The van der Waals surface area contributed by atoms with Gasteiger partial charge in [-0.1, -0.05) is 49.7 Å². The summed E-state index contributed by atoms with van der Waals surface area (Å²) in [5.74, 6) is 0.710. The average molecular weight is 401 g/mol. The minimum atomic E-state index is -0.712. The SMILES string of the molecule is CC(=O)N[C@H]1C(=O)N(CCOc2cc(C)ccc2C(C)C)c2c(Cl)cccc21. The minimum absolute atomic E-state index is 0.199. The van der Waals surface area contributed by atoms with Crippen LogP contribution >= 0.6 is 11.6 Å². The van der Waals surface area contributed by atoms with Crippen molar-refractivity contribution < 1.29 is 14.3 Å². The maximum atomic E-state index is 12.9. The average Bonchev–Trinajstić information content (AvgIpc) is 2.88. The van der Waals surface area contributed by atoms with Crippen LogP contribution in [0, 0.1) is 6.92 Å². The molecule has 0 saturated carbocycles. The Morgan fingerprint density at radius 1 is 1.29 bits per heavy atom. The summed E-state index contributed by atoms with van der Waals surface area (Å²) >= 11 is 6.37. The molecule has 2 amide bonds. The van der Waals surface area contributed by atoms with Gasteiger partial charge in [0.05, 0.1) is 17.3 Å². The molecule has 148 valence electrons. The summed E-state index contributed by atoms with van der Waals surface area (Å²) in [5.41, 5.74) is 3.61. The fourth-order valence-electron chi connectivity index (χ4n) is 3.50. The Morgan fingerprint density at radius 3 is 2.71 bits per heavy atom. The van der Waals surface area contributed by atoms with Gasteiger partial charge in [0, 0.05) is 12.5 Å². The van der Waals surface area contributed by atoms with Crippen LogP contribution in [-0.2, 0) is 9.59 Å². The van der Waals surface area contributed by atoms with Crippen molar-refractivity contribution in [1.82, 2.24) is 5.32 Å². The number of benzene rings is 2. The second-order valence-corrected chi connectivity index (χ2v) is 7.75. The Morgan fingerprint density at radius 2 is 2.04 bits per heavy atom. The standard InChI is InChI=1S/C22H25ClN2O3/c1-13(2)16-9-8-14(3)12-19(16)28-11-10-25-21-17(6-5-7-18(21)23)20(22(25)27)24-15(4)26/h5-9,12-13,20H,10-11H2,1-4H3,(H,24,26)/t20-/m1/s1. The van der Waals surface area contributed by atoms with Crippen molar-refractivity contribution >= 4 is 29.1 Å². The van der Waals surface area contributed by atoms with Crippen LogP contribution in [0.1, 0.15) is 49.4 Å². The number of aryl methyl sites for hydroxylation is 1. The molecule has 0 unspecified atom stereocenters. The first-order valence-corrected chi connectivity index (χ1v) is 9.77. The number of carbonyl (C=O) groups excluding carboxylic acids is 2. The summed E-state index contributed by atoms with van der Waals surface area (Å²) in [6, 6.07) is 10.8. The van der Waals surface area contributed by atoms with Crippen LogP contribution in [0.15, 0.2) is 36.4 Å². The molecule has 1 heterocycles. The predicted molar refractivity (Wildman–Crippen MR) is 111 cm³/mol. The Hall–Kier alpha value is -2.53. The lowest BCUT2D eigenvalue weighted by atomic mass is 10.0. The smallest absolute Gasteiger partial charge is 0.254 e. The van der Waals surface area contributed by atoms with E-state index in [2.05, 4.69) is 31.3 Å². The molecule has 2 aromatic carbocycles. The van der Waals surface area contributed by atoms with Crippen LogP contribution in [0.25, 0.3) is 0 Å². The first-order valence-electron chi connectivity index (χ1n) is 9.39. The molecule has 0 fully saturated rings. The van der Waals surface area contributed by atoms with E-state index in [9.17, 15) is 9.59 Å².